The van der Waals surface area contributed by atoms with Gasteiger partial charge in [-0.05, 0) is 48.5 Å². The summed E-state index contributed by atoms with van der Waals surface area (Å²) in [6.07, 6.45) is -1.07. The first-order valence-corrected chi connectivity index (χ1v) is 7.24. The van der Waals surface area contributed by atoms with E-state index in [1.807, 2.05) is 72.8 Å². The summed E-state index contributed by atoms with van der Waals surface area (Å²) < 4.78 is 0. The number of rotatable bonds is 4. The second-order valence-corrected chi connectivity index (χ2v) is 4.98. The van der Waals surface area contributed by atoms with Crippen LogP contribution in [0.1, 0.15) is 0 Å². The van der Waals surface area contributed by atoms with E-state index in [-0.39, 0.29) is 0 Å². The maximum Gasteiger partial charge on any atom is 0.409 e. The monoisotopic (exact) mass is 304 g/mol. The van der Waals surface area contributed by atoms with Crippen LogP contribution in [0.5, 0.6) is 0 Å². The van der Waals surface area contributed by atoms with E-state index in [4.69, 9.17) is 5.11 Å². The van der Waals surface area contributed by atoms with Crippen molar-refractivity contribution in [1.29, 1.82) is 0 Å². The first kappa shape index (κ1) is 14.7. The third kappa shape index (κ3) is 3.49. The third-order valence-electron chi connectivity index (χ3n) is 3.41. The molecule has 2 N–H and O–H groups in total. The van der Waals surface area contributed by atoms with Gasteiger partial charge in [-0.1, -0.05) is 36.4 Å². The number of carboxylic acid groups (broad SMARTS) is 1. The average Bonchev–Trinajstić information content (AvgIpc) is 2.58. The van der Waals surface area contributed by atoms with E-state index in [0.717, 1.165) is 17.1 Å². The minimum absolute atomic E-state index is 0.544. The van der Waals surface area contributed by atoms with Crippen molar-refractivity contribution < 1.29 is 9.90 Å². The summed E-state index contributed by atoms with van der Waals surface area (Å²) in [5.41, 5.74) is 3.58. The number of para-hydroxylation sites is 2. The van der Waals surface area contributed by atoms with Gasteiger partial charge in [0.25, 0.3) is 0 Å². The SMILES string of the molecule is O=C(O)Nc1ccc(N(c2ccccc2)c2ccccc2)cc1. The van der Waals surface area contributed by atoms with Crippen LogP contribution in [0.25, 0.3) is 0 Å². The van der Waals surface area contributed by atoms with E-state index in [9.17, 15) is 4.79 Å². The molecule has 0 heterocycles. The van der Waals surface area contributed by atoms with Crippen LogP contribution in [0.2, 0.25) is 0 Å². The van der Waals surface area contributed by atoms with E-state index in [1.54, 1.807) is 12.1 Å². The number of anilines is 4. The normalized spacial score (nSPS) is 10.1. The first-order valence-electron chi connectivity index (χ1n) is 7.24. The number of benzene rings is 3. The van der Waals surface area contributed by atoms with Crippen LogP contribution in [-0.4, -0.2) is 11.2 Å². The van der Waals surface area contributed by atoms with E-state index in [2.05, 4.69) is 10.2 Å². The van der Waals surface area contributed by atoms with Gasteiger partial charge < -0.3 is 10.0 Å². The zero-order chi connectivity index (χ0) is 16.1. The predicted molar refractivity (Wildman–Crippen MR) is 92.8 cm³/mol. The fourth-order valence-electron chi connectivity index (χ4n) is 2.42. The first-order chi connectivity index (χ1) is 11.2. The van der Waals surface area contributed by atoms with E-state index in [0.29, 0.717) is 5.69 Å². The Morgan fingerprint density at radius 1 is 0.696 bits per heavy atom. The lowest BCUT2D eigenvalue weighted by molar-refractivity contribution is 0.210. The molecule has 0 aliphatic heterocycles. The van der Waals surface area contributed by atoms with Gasteiger partial charge in [-0.15, -0.1) is 0 Å². The van der Waals surface area contributed by atoms with Crippen molar-refractivity contribution >= 4 is 28.8 Å². The van der Waals surface area contributed by atoms with Gasteiger partial charge in [-0.2, -0.15) is 0 Å². The Hall–Kier alpha value is -3.27. The van der Waals surface area contributed by atoms with E-state index >= 15 is 0 Å². The van der Waals surface area contributed by atoms with Crippen LogP contribution < -0.4 is 10.2 Å². The number of nitrogens with zero attached hydrogens (tertiary/aromatic N) is 1. The number of hydrogen-bond donors (Lipinski definition) is 2. The van der Waals surface area contributed by atoms with Gasteiger partial charge in [0, 0.05) is 22.7 Å². The highest BCUT2D eigenvalue weighted by Crippen LogP contribution is 2.34. The highest BCUT2D eigenvalue weighted by molar-refractivity contribution is 5.84. The average molecular weight is 304 g/mol. The van der Waals surface area contributed by atoms with Gasteiger partial charge in [-0.25, -0.2) is 4.79 Å². The van der Waals surface area contributed by atoms with Crippen LogP contribution in [0.15, 0.2) is 84.9 Å². The number of amides is 1. The Morgan fingerprint density at radius 2 is 1.13 bits per heavy atom. The molecule has 0 aliphatic rings. The molecule has 3 aromatic rings. The largest absolute Gasteiger partial charge is 0.465 e. The predicted octanol–water partition coefficient (Wildman–Crippen LogP) is 5.25. The molecule has 0 bridgehead atoms. The van der Waals surface area contributed by atoms with Crippen LogP contribution in [0, 0.1) is 0 Å². The fourth-order valence-corrected chi connectivity index (χ4v) is 2.42. The Morgan fingerprint density at radius 3 is 1.57 bits per heavy atom. The quantitative estimate of drug-likeness (QED) is 0.692. The molecule has 114 valence electrons. The molecule has 0 fully saturated rings. The molecule has 0 radical (unpaired) electrons. The Kier molecular flexibility index (Phi) is 4.25. The second kappa shape index (κ2) is 6.66. The van der Waals surface area contributed by atoms with Crippen LogP contribution in [0.3, 0.4) is 0 Å². The van der Waals surface area contributed by atoms with Crippen molar-refractivity contribution in [1.82, 2.24) is 0 Å². The summed E-state index contributed by atoms with van der Waals surface area (Å²) >= 11 is 0. The third-order valence-corrected chi connectivity index (χ3v) is 3.41. The molecule has 0 aromatic heterocycles. The molecule has 0 atom stereocenters. The minimum Gasteiger partial charge on any atom is -0.465 e. The summed E-state index contributed by atoms with van der Waals surface area (Å²) in [4.78, 5) is 12.8. The fraction of sp³-hybridized carbons (Fsp3) is 0. The molecule has 0 saturated carbocycles. The van der Waals surface area contributed by atoms with Crippen LogP contribution in [0.4, 0.5) is 27.5 Å². The van der Waals surface area contributed by atoms with Crippen molar-refractivity contribution in [2.45, 2.75) is 0 Å². The van der Waals surface area contributed by atoms with Crippen LogP contribution >= 0.6 is 0 Å². The summed E-state index contributed by atoms with van der Waals surface area (Å²) in [6.45, 7) is 0. The molecule has 0 spiro atoms. The molecule has 4 heteroatoms. The maximum absolute atomic E-state index is 10.7. The zero-order valence-electron chi connectivity index (χ0n) is 12.4. The second-order valence-electron chi connectivity index (χ2n) is 4.98. The Bertz CT molecular complexity index is 732. The highest BCUT2D eigenvalue weighted by atomic mass is 16.4. The minimum atomic E-state index is -1.07. The van der Waals surface area contributed by atoms with Crippen molar-refractivity contribution in [3.63, 3.8) is 0 Å². The standard InChI is InChI=1S/C19H16N2O2/c22-19(23)20-15-11-13-18(14-12-15)21(16-7-3-1-4-8-16)17-9-5-2-6-10-17/h1-14,20H,(H,22,23). The molecule has 0 unspecified atom stereocenters. The highest BCUT2D eigenvalue weighted by Gasteiger charge is 2.11. The molecule has 0 saturated heterocycles. The lowest BCUT2D eigenvalue weighted by atomic mass is 10.2. The molecule has 4 nitrogen and oxygen atoms in total. The van der Waals surface area contributed by atoms with Crippen molar-refractivity contribution in [2.75, 3.05) is 10.2 Å². The summed E-state index contributed by atoms with van der Waals surface area (Å²) in [7, 11) is 0. The topological polar surface area (TPSA) is 52.6 Å². The van der Waals surface area contributed by atoms with Crippen LogP contribution in [-0.2, 0) is 0 Å². The number of carbonyl (C=O) groups is 1. The summed E-state index contributed by atoms with van der Waals surface area (Å²) in [5.74, 6) is 0. The molecular formula is C19H16N2O2. The Labute approximate surface area is 134 Å². The number of nitrogens with one attached hydrogen (secondary N) is 1. The van der Waals surface area contributed by atoms with Gasteiger partial charge >= 0.3 is 6.09 Å². The molecule has 23 heavy (non-hydrogen) atoms. The lowest BCUT2D eigenvalue weighted by Gasteiger charge is -2.25. The van der Waals surface area contributed by atoms with Crippen molar-refractivity contribution in [3.8, 4) is 0 Å². The van der Waals surface area contributed by atoms with Gasteiger partial charge in [0.05, 0.1) is 0 Å². The lowest BCUT2D eigenvalue weighted by Crippen LogP contribution is -2.10. The molecular weight excluding hydrogens is 288 g/mol. The van der Waals surface area contributed by atoms with E-state index < -0.39 is 6.09 Å². The molecule has 0 aliphatic carbocycles. The van der Waals surface area contributed by atoms with Gasteiger partial charge in [0.1, 0.15) is 0 Å². The summed E-state index contributed by atoms with van der Waals surface area (Å²) in [6, 6.07) is 27.4. The van der Waals surface area contributed by atoms with Gasteiger partial charge in [-0.3, -0.25) is 5.32 Å². The zero-order valence-corrected chi connectivity index (χ0v) is 12.4. The van der Waals surface area contributed by atoms with Gasteiger partial charge in [0.2, 0.25) is 0 Å². The molecule has 3 aromatic carbocycles. The maximum atomic E-state index is 10.7. The van der Waals surface area contributed by atoms with Crippen molar-refractivity contribution in [3.05, 3.63) is 84.9 Å². The summed E-state index contributed by atoms with van der Waals surface area (Å²) in [5, 5.41) is 11.1. The van der Waals surface area contributed by atoms with E-state index in [1.165, 1.54) is 0 Å². The van der Waals surface area contributed by atoms with Gasteiger partial charge in [0.15, 0.2) is 0 Å². The number of hydrogen-bond acceptors (Lipinski definition) is 2. The Balaban J connectivity index is 2.00. The molecule has 1 amide bonds. The smallest absolute Gasteiger partial charge is 0.409 e. The molecule has 3 rings (SSSR count). The van der Waals surface area contributed by atoms with Crippen molar-refractivity contribution in [2.24, 2.45) is 0 Å².